The Balaban J connectivity index is 0.000000247. The standard InChI is InChI=1S/C25H24F2N6O6.C25H26F2N6O4.CH4/c1-31(2)7-8-38-21-12-20(37-4)17(11-18(21)33(35)36)29-25-28-13-14-9-22(24(34)32(3)23(14)30-25)39-19-6-5-15(26)10-16(19)27;1-32(2)7-8-36-20-12-21(35-4)18(11-17(20)28)30-25-29-13-14-9-22(24(34)33(3)23(14)31-25)37-19-6-5-15(26)10-16(19)27;/h5-6,9-13H,7-8H2,1-4H3,(H,28,29,30);5-6,9-13H,7-8,28H2,1-4H3,(H,29,30,31);1H4. The molecule has 0 spiro atoms. The minimum absolute atomic E-state index is 0. The second kappa shape index (κ2) is 24.8. The number of nitro groups is 1. The fourth-order valence-corrected chi connectivity index (χ4v) is 7.02. The highest BCUT2D eigenvalue weighted by Gasteiger charge is 2.23. The summed E-state index contributed by atoms with van der Waals surface area (Å²) in [5.74, 6) is -3.01. The van der Waals surface area contributed by atoms with Crippen molar-refractivity contribution in [3.05, 3.63) is 139 Å². The van der Waals surface area contributed by atoms with Crippen LogP contribution >= 0.6 is 0 Å². The first-order chi connectivity index (χ1) is 36.2. The second-order valence-corrected chi connectivity index (χ2v) is 17.0. The fourth-order valence-electron chi connectivity index (χ4n) is 7.02. The number of rotatable bonds is 19. The van der Waals surface area contributed by atoms with E-state index < -0.39 is 39.3 Å². The van der Waals surface area contributed by atoms with Gasteiger partial charge in [0, 0.05) is 80.7 Å². The molecular formula is C51H54F4N12O10. The number of nitrogens with two attached hydrogens (primary N) is 1. The fraction of sp³-hybridized carbons (Fsp3) is 0.255. The maximum Gasteiger partial charge on any atom is 0.313 e. The van der Waals surface area contributed by atoms with Crippen LogP contribution in [0.2, 0.25) is 0 Å². The first-order valence-electron chi connectivity index (χ1n) is 22.7. The van der Waals surface area contributed by atoms with Gasteiger partial charge in [-0.3, -0.25) is 28.8 Å². The van der Waals surface area contributed by atoms with Gasteiger partial charge in [0.15, 0.2) is 34.6 Å². The summed E-state index contributed by atoms with van der Waals surface area (Å²) in [7, 11) is 13.4. The average Bonchev–Trinajstić information content (AvgIpc) is 3.37. The van der Waals surface area contributed by atoms with E-state index in [2.05, 4.69) is 30.6 Å². The van der Waals surface area contributed by atoms with E-state index in [-0.39, 0.29) is 77.4 Å². The van der Waals surface area contributed by atoms with Gasteiger partial charge in [-0.05, 0) is 70.7 Å². The second-order valence-electron chi connectivity index (χ2n) is 17.0. The molecule has 8 rings (SSSR count). The van der Waals surface area contributed by atoms with Gasteiger partial charge in [-0.2, -0.15) is 9.97 Å². The molecule has 406 valence electrons. The van der Waals surface area contributed by atoms with Crippen molar-refractivity contribution in [2.24, 2.45) is 14.1 Å². The highest BCUT2D eigenvalue weighted by Crippen LogP contribution is 2.40. The molecule has 0 aliphatic heterocycles. The number of methoxy groups -OCH3 is 2. The first-order valence-corrected chi connectivity index (χ1v) is 22.7. The third kappa shape index (κ3) is 13.7. The van der Waals surface area contributed by atoms with Gasteiger partial charge in [-0.25, -0.2) is 27.5 Å². The van der Waals surface area contributed by atoms with Crippen molar-refractivity contribution >= 4 is 56.7 Å². The third-order valence-electron chi connectivity index (χ3n) is 11.0. The van der Waals surface area contributed by atoms with Gasteiger partial charge >= 0.3 is 5.69 Å². The van der Waals surface area contributed by atoms with Crippen molar-refractivity contribution in [2.75, 3.05) is 85.1 Å². The molecule has 0 radical (unpaired) electrons. The van der Waals surface area contributed by atoms with Crippen LogP contribution in [0.25, 0.3) is 22.1 Å². The summed E-state index contributed by atoms with van der Waals surface area (Å²) in [6.45, 7) is 1.95. The molecule has 4 aromatic carbocycles. The highest BCUT2D eigenvalue weighted by molar-refractivity contribution is 5.80. The number of likely N-dealkylation sites (N-methyl/N-ethyl adjacent to an activating group) is 2. The Labute approximate surface area is 437 Å². The molecular weight excluding hydrogens is 1020 g/mol. The molecule has 8 aromatic rings. The Hall–Kier alpha value is -9.30. The Morgan fingerprint density at radius 2 is 1.04 bits per heavy atom. The van der Waals surface area contributed by atoms with E-state index >= 15 is 0 Å². The number of hydrogen-bond acceptors (Lipinski definition) is 19. The van der Waals surface area contributed by atoms with Crippen LogP contribution in [0.15, 0.2) is 94.8 Å². The van der Waals surface area contributed by atoms with Crippen molar-refractivity contribution in [1.29, 1.82) is 0 Å². The number of nitrogen functional groups attached to an aromatic ring is 1. The number of nitro benzene ring substituents is 1. The van der Waals surface area contributed by atoms with Crippen molar-refractivity contribution in [3.8, 4) is 46.0 Å². The molecule has 0 fully saturated rings. The Kier molecular flexibility index (Phi) is 18.4. The summed E-state index contributed by atoms with van der Waals surface area (Å²) < 4.78 is 89.9. The van der Waals surface area contributed by atoms with Gasteiger partial charge in [0.05, 0.1) is 36.2 Å². The molecule has 0 unspecified atom stereocenters. The number of fused-ring (bicyclic) bond motifs is 2. The topological polar surface area (TPSA) is 251 Å². The van der Waals surface area contributed by atoms with E-state index in [0.29, 0.717) is 64.6 Å². The number of aromatic nitrogens is 6. The van der Waals surface area contributed by atoms with E-state index in [1.165, 1.54) is 74.1 Å². The van der Waals surface area contributed by atoms with E-state index in [1.807, 2.05) is 38.0 Å². The molecule has 26 heteroatoms. The Morgan fingerprint density at radius 1 is 0.610 bits per heavy atom. The summed E-state index contributed by atoms with van der Waals surface area (Å²) in [5.41, 5.74) is 6.25. The molecule has 4 N–H and O–H groups in total. The minimum Gasteiger partial charge on any atom is -0.494 e. The summed E-state index contributed by atoms with van der Waals surface area (Å²) in [4.78, 5) is 58.0. The predicted molar refractivity (Wildman–Crippen MR) is 281 cm³/mol. The Bertz CT molecular complexity index is 3590. The Morgan fingerprint density at radius 3 is 1.45 bits per heavy atom. The molecule has 0 aliphatic rings. The van der Waals surface area contributed by atoms with Gasteiger partial charge in [-0.1, -0.05) is 7.43 Å². The van der Waals surface area contributed by atoms with Crippen LogP contribution in [-0.4, -0.2) is 113 Å². The normalized spacial score (nSPS) is 10.9. The van der Waals surface area contributed by atoms with Crippen molar-refractivity contribution in [1.82, 2.24) is 38.9 Å². The van der Waals surface area contributed by atoms with E-state index in [9.17, 15) is 37.3 Å². The zero-order chi connectivity index (χ0) is 55.0. The van der Waals surface area contributed by atoms with Crippen LogP contribution in [0.1, 0.15) is 7.43 Å². The summed E-state index contributed by atoms with van der Waals surface area (Å²) in [6.07, 6.45) is 2.87. The maximum atomic E-state index is 14.0. The number of aryl methyl sites for hydroxylation is 2. The summed E-state index contributed by atoms with van der Waals surface area (Å²) in [5, 5.41) is 18.5. The molecule has 77 heavy (non-hydrogen) atoms. The summed E-state index contributed by atoms with van der Waals surface area (Å²) >= 11 is 0. The van der Waals surface area contributed by atoms with Crippen LogP contribution < -0.4 is 55.9 Å². The lowest BCUT2D eigenvalue weighted by Gasteiger charge is -2.16. The predicted octanol–water partition coefficient (Wildman–Crippen LogP) is 8.31. The number of benzene rings is 4. The lowest BCUT2D eigenvalue weighted by Crippen LogP contribution is -2.20. The molecule has 0 saturated heterocycles. The number of hydrogen-bond donors (Lipinski definition) is 3. The number of anilines is 5. The largest absolute Gasteiger partial charge is 0.494 e. The number of ether oxygens (including phenoxy) is 6. The van der Waals surface area contributed by atoms with Gasteiger partial charge in [0.2, 0.25) is 17.6 Å². The van der Waals surface area contributed by atoms with Crippen LogP contribution in [0.5, 0.6) is 46.0 Å². The van der Waals surface area contributed by atoms with E-state index in [0.717, 1.165) is 30.8 Å². The number of nitrogens with zero attached hydrogens (tertiary/aromatic N) is 9. The molecule has 0 amide bonds. The van der Waals surface area contributed by atoms with Crippen molar-refractivity contribution in [3.63, 3.8) is 0 Å². The van der Waals surface area contributed by atoms with E-state index in [1.54, 1.807) is 12.1 Å². The number of halogens is 4. The SMILES string of the molecule is C.COc1cc(OCCN(C)C)c(N)cc1Nc1ncc2cc(Oc3ccc(F)cc3F)c(=O)n(C)c2n1.COc1cc(OCCN(C)C)c([N+](=O)[O-])cc1Nc1ncc2cc(Oc3ccc(F)cc3F)c(=O)n(C)c2n1. The molecule has 0 aliphatic carbocycles. The van der Waals surface area contributed by atoms with Gasteiger partial charge in [-0.15, -0.1) is 0 Å². The van der Waals surface area contributed by atoms with E-state index in [4.69, 9.17) is 34.2 Å². The maximum absolute atomic E-state index is 14.0. The van der Waals surface area contributed by atoms with Crippen LogP contribution in [0, 0.1) is 33.4 Å². The van der Waals surface area contributed by atoms with Crippen molar-refractivity contribution < 1.29 is 50.9 Å². The van der Waals surface area contributed by atoms with Gasteiger partial charge < -0.3 is 54.6 Å². The smallest absolute Gasteiger partial charge is 0.313 e. The zero-order valence-corrected chi connectivity index (χ0v) is 42.1. The monoisotopic (exact) mass is 1070 g/mol. The van der Waals surface area contributed by atoms with Gasteiger partial charge in [0.25, 0.3) is 11.1 Å². The lowest BCUT2D eigenvalue weighted by atomic mass is 10.2. The van der Waals surface area contributed by atoms with Crippen LogP contribution in [-0.2, 0) is 14.1 Å². The molecule has 22 nitrogen and oxygen atoms in total. The number of pyridine rings is 2. The molecule has 0 bridgehead atoms. The first kappa shape index (κ1) is 57.0. The average molecular weight is 1070 g/mol. The van der Waals surface area contributed by atoms with Gasteiger partial charge in [0.1, 0.15) is 53.4 Å². The third-order valence-corrected chi connectivity index (χ3v) is 11.0. The summed E-state index contributed by atoms with van der Waals surface area (Å²) in [6, 6.07) is 14.2. The van der Waals surface area contributed by atoms with Crippen molar-refractivity contribution in [2.45, 2.75) is 7.43 Å². The molecule has 0 atom stereocenters. The molecule has 4 aromatic heterocycles. The minimum atomic E-state index is -0.967. The molecule has 4 heterocycles. The van der Waals surface area contributed by atoms with Crippen LogP contribution in [0.4, 0.5) is 52.2 Å². The number of nitrogens with one attached hydrogen (secondary N) is 2. The highest BCUT2D eigenvalue weighted by atomic mass is 19.1. The quantitative estimate of drug-likeness (QED) is 0.0298. The van der Waals surface area contributed by atoms with Crippen LogP contribution in [0.3, 0.4) is 0 Å². The lowest BCUT2D eigenvalue weighted by molar-refractivity contribution is -0.385. The zero-order valence-electron chi connectivity index (χ0n) is 42.1. The molecule has 0 saturated carbocycles.